The van der Waals surface area contributed by atoms with E-state index in [9.17, 15) is 10.1 Å². The maximum atomic E-state index is 12.2. The summed E-state index contributed by atoms with van der Waals surface area (Å²) in [5.74, 6) is 0.616. The van der Waals surface area contributed by atoms with E-state index in [0.717, 1.165) is 20.4 Å². The van der Waals surface area contributed by atoms with Crippen molar-refractivity contribution in [2.45, 2.75) is 0 Å². The molecule has 0 radical (unpaired) electrons. The molecule has 0 aliphatic rings. The first-order valence-electron chi connectivity index (χ1n) is 10.5. The number of rotatable bonds is 8. The Hall–Kier alpha value is -3.68. The van der Waals surface area contributed by atoms with Gasteiger partial charge >= 0.3 is 0 Å². The molecule has 0 saturated heterocycles. The Morgan fingerprint density at radius 2 is 1.89 bits per heavy atom. The van der Waals surface area contributed by atoms with E-state index in [2.05, 4.69) is 39.0 Å². The van der Waals surface area contributed by atoms with E-state index < -0.39 is 0 Å². The minimum atomic E-state index is -0.276. The van der Waals surface area contributed by atoms with Gasteiger partial charge in [-0.15, -0.1) is 11.3 Å². The number of nitrogens with zero attached hydrogens (tertiary/aromatic N) is 2. The smallest absolute Gasteiger partial charge is 0.262 e. The molecular weight excluding hydrogens is 573 g/mol. The first-order valence-corrected chi connectivity index (χ1v) is 12.5. The van der Waals surface area contributed by atoms with Crippen molar-refractivity contribution < 1.29 is 14.3 Å². The first-order chi connectivity index (χ1) is 17.1. The van der Waals surface area contributed by atoms with Gasteiger partial charge in [0.05, 0.1) is 18.4 Å². The molecule has 0 spiro atoms. The zero-order chi connectivity index (χ0) is 24.6. The van der Waals surface area contributed by atoms with Crippen LogP contribution in [0.2, 0.25) is 0 Å². The molecule has 1 aromatic heterocycles. The number of carbonyl (C=O) groups is 1. The normalized spacial score (nSPS) is 10.9. The number of anilines is 1. The van der Waals surface area contributed by atoms with E-state index in [1.807, 2.05) is 47.8 Å². The number of allylic oxidation sites excluding steroid dienone is 1. The van der Waals surface area contributed by atoms with Crippen LogP contribution in [0, 0.1) is 14.9 Å². The van der Waals surface area contributed by atoms with Crippen molar-refractivity contribution in [1.82, 2.24) is 4.98 Å². The number of halogens is 1. The van der Waals surface area contributed by atoms with E-state index in [1.54, 1.807) is 36.4 Å². The number of aromatic nitrogens is 1. The summed E-state index contributed by atoms with van der Waals surface area (Å²) in [6.07, 6.45) is 1.75. The maximum Gasteiger partial charge on any atom is 0.262 e. The molecule has 1 heterocycles. The minimum absolute atomic E-state index is 0.162. The van der Waals surface area contributed by atoms with E-state index in [4.69, 9.17) is 9.47 Å². The van der Waals surface area contributed by atoms with Crippen LogP contribution in [0.1, 0.15) is 10.6 Å². The minimum Gasteiger partial charge on any atom is -0.493 e. The molecule has 0 fully saturated rings. The summed E-state index contributed by atoms with van der Waals surface area (Å²) in [6, 6.07) is 24.8. The van der Waals surface area contributed by atoms with Crippen LogP contribution < -0.4 is 14.8 Å². The second-order valence-electron chi connectivity index (χ2n) is 7.33. The summed E-state index contributed by atoms with van der Waals surface area (Å²) in [5, 5.41) is 15.1. The number of hydrogen-bond acceptors (Lipinski definition) is 6. The summed E-state index contributed by atoms with van der Waals surface area (Å²) in [6.45, 7) is -0.162. The number of amides is 1. The lowest BCUT2D eigenvalue weighted by atomic mass is 10.1. The summed E-state index contributed by atoms with van der Waals surface area (Å²) in [5.41, 5.74) is 3.74. The molecule has 4 aromatic rings. The number of carbonyl (C=O) groups excluding carboxylic acids is 1. The van der Waals surface area contributed by atoms with Crippen molar-refractivity contribution in [3.05, 3.63) is 92.3 Å². The number of thiazole rings is 1. The van der Waals surface area contributed by atoms with Gasteiger partial charge in [0.15, 0.2) is 18.1 Å². The third kappa shape index (κ3) is 6.47. The van der Waals surface area contributed by atoms with E-state index in [0.29, 0.717) is 27.8 Å². The Balaban J connectivity index is 1.47. The third-order valence-corrected chi connectivity index (χ3v) is 6.50. The molecule has 1 N–H and O–H groups in total. The lowest BCUT2D eigenvalue weighted by molar-refractivity contribution is -0.118. The Labute approximate surface area is 221 Å². The highest BCUT2D eigenvalue weighted by molar-refractivity contribution is 14.1. The van der Waals surface area contributed by atoms with Gasteiger partial charge in [-0.05, 0) is 70.6 Å². The van der Waals surface area contributed by atoms with Crippen LogP contribution in [-0.4, -0.2) is 24.6 Å². The fraction of sp³-hybridized carbons (Fsp3) is 0.0741. The summed E-state index contributed by atoms with van der Waals surface area (Å²) in [7, 11) is 1.53. The second-order valence-corrected chi connectivity index (χ2v) is 9.43. The highest BCUT2D eigenvalue weighted by Crippen LogP contribution is 2.31. The number of para-hydroxylation sites is 1. The van der Waals surface area contributed by atoms with Gasteiger partial charge < -0.3 is 14.8 Å². The van der Waals surface area contributed by atoms with Gasteiger partial charge in [0.1, 0.15) is 11.1 Å². The SMILES string of the molecule is COc1cc(/C=C(\C#N)c2nc(-c3ccc(I)cc3)cs2)ccc1OCC(=O)Nc1ccccc1. The van der Waals surface area contributed by atoms with Crippen molar-refractivity contribution in [2.24, 2.45) is 0 Å². The van der Waals surface area contributed by atoms with E-state index in [-0.39, 0.29) is 12.5 Å². The summed E-state index contributed by atoms with van der Waals surface area (Å²) >= 11 is 3.68. The van der Waals surface area contributed by atoms with E-state index >= 15 is 0 Å². The average Bonchev–Trinajstić information content (AvgIpc) is 3.37. The largest absolute Gasteiger partial charge is 0.493 e. The van der Waals surface area contributed by atoms with Crippen LogP contribution >= 0.6 is 33.9 Å². The molecule has 8 heteroatoms. The van der Waals surface area contributed by atoms with Crippen molar-refractivity contribution in [1.29, 1.82) is 5.26 Å². The quantitative estimate of drug-likeness (QED) is 0.186. The number of nitriles is 1. The lowest BCUT2D eigenvalue weighted by Gasteiger charge is -2.11. The van der Waals surface area contributed by atoms with Crippen LogP contribution in [0.3, 0.4) is 0 Å². The maximum absolute atomic E-state index is 12.2. The van der Waals surface area contributed by atoms with Gasteiger partial charge in [-0.3, -0.25) is 4.79 Å². The molecule has 0 bridgehead atoms. The number of methoxy groups -OCH3 is 1. The Bertz CT molecular complexity index is 1390. The number of benzene rings is 3. The van der Waals surface area contributed by atoms with Gasteiger partial charge in [-0.25, -0.2) is 4.98 Å². The Morgan fingerprint density at radius 3 is 2.60 bits per heavy atom. The van der Waals surface area contributed by atoms with Crippen molar-refractivity contribution in [2.75, 3.05) is 19.0 Å². The molecule has 0 aliphatic heterocycles. The number of ether oxygens (including phenoxy) is 2. The fourth-order valence-corrected chi connectivity index (χ4v) is 4.37. The predicted octanol–water partition coefficient (Wildman–Crippen LogP) is 6.50. The lowest BCUT2D eigenvalue weighted by Crippen LogP contribution is -2.20. The molecular formula is C27H20IN3O3S. The standard InChI is InChI=1S/C27H20IN3O3S/c1-33-25-14-18(7-12-24(25)34-16-26(32)30-22-5-3-2-4-6-22)13-20(15-29)27-31-23(17-35-27)19-8-10-21(28)11-9-19/h2-14,17H,16H2,1H3,(H,30,32)/b20-13+. The molecule has 4 rings (SSSR count). The molecule has 35 heavy (non-hydrogen) atoms. The Kier molecular flexibility index (Phi) is 8.13. The first kappa shape index (κ1) is 24.4. The van der Waals surface area contributed by atoms with Crippen molar-refractivity contribution in [3.8, 4) is 28.8 Å². The van der Waals surface area contributed by atoms with Gasteiger partial charge in [0, 0.05) is 20.2 Å². The van der Waals surface area contributed by atoms with Crippen LogP contribution in [0.15, 0.2) is 78.2 Å². The van der Waals surface area contributed by atoms with Crippen LogP contribution in [0.5, 0.6) is 11.5 Å². The molecule has 0 unspecified atom stereocenters. The van der Waals surface area contributed by atoms with Gasteiger partial charge in [0.2, 0.25) is 0 Å². The Morgan fingerprint density at radius 1 is 1.11 bits per heavy atom. The molecule has 0 atom stereocenters. The molecule has 0 aliphatic carbocycles. The fourth-order valence-electron chi connectivity index (χ4n) is 3.21. The molecule has 6 nitrogen and oxygen atoms in total. The molecule has 174 valence electrons. The third-order valence-electron chi connectivity index (χ3n) is 4.91. The van der Waals surface area contributed by atoms with Crippen LogP contribution in [-0.2, 0) is 4.79 Å². The van der Waals surface area contributed by atoms with Gasteiger partial charge in [-0.2, -0.15) is 5.26 Å². The van der Waals surface area contributed by atoms with Gasteiger partial charge in [0.25, 0.3) is 5.91 Å². The summed E-state index contributed by atoms with van der Waals surface area (Å²) < 4.78 is 12.3. The molecule has 1 amide bonds. The molecule has 0 saturated carbocycles. The highest BCUT2D eigenvalue weighted by Gasteiger charge is 2.12. The summed E-state index contributed by atoms with van der Waals surface area (Å²) in [4.78, 5) is 16.8. The van der Waals surface area contributed by atoms with Crippen LogP contribution in [0.25, 0.3) is 22.9 Å². The van der Waals surface area contributed by atoms with Crippen molar-refractivity contribution in [3.63, 3.8) is 0 Å². The zero-order valence-corrected chi connectivity index (χ0v) is 21.7. The monoisotopic (exact) mass is 593 g/mol. The predicted molar refractivity (Wildman–Crippen MR) is 147 cm³/mol. The van der Waals surface area contributed by atoms with Crippen LogP contribution in [0.4, 0.5) is 5.69 Å². The number of hydrogen-bond donors (Lipinski definition) is 1. The molecule has 3 aromatic carbocycles. The highest BCUT2D eigenvalue weighted by atomic mass is 127. The number of nitrogens with one attached hydrogen (secondary N) is 1. The van der Waals surface area contributed by atoms with E-state index in [1.165, 1.54) is 18.4 Å². The van der Waals surface area contributed by atoms with Gasteiger partial charge in [-0.1, -0.05) is 36.4 Å². The topological polar surface area (TPSA) is 84.2 Å². The average molecular weight is 593 g/mol. The zero-order valence-electron chi connectivity index (χ0n) is 18.7. The van der Waals surface area contributed by atoms with Crippen molar-refractivity contribution >= 4 is 57.2 Å². The second kappa shape index (κ2) is 11.6.